The number of esters is 1. The number of nitrogens with zero attached hydrogens (tertiary/aromatic N) is 3. The number of carbonyl (C=O) groups is 4. The number of non-ortho nitro benzene ring substituents is 1. The van der Waals surface area contributed by atoms with Gasteiger partial charge >= 0.3 is 17.7 Å². The van der Waals surface area contributed by atoms with Crippen molar-refractivity contribution in [3.05, 3.63) is 97.6 Å². The highest BCUT2D eigenvalue weighted by atomic mass is 16.6. The quantitative estimate of drug-likeness (QED) is 0.126. The average molecular weight is 576 g/mol. The number of carbonyl (C=O) groups excluding carboxylic acids is 4. The van der Waals surface area contributed by atoms with Crippen molar-refractivity contribution in [1.82, 2.24) is 5.32 Å². The van der Waals surface area contributed by atoms with E-state index in [-0.39, 0.29) is 40.7 Å². The van der Waals surface area contributed by atoms with Crippen molar-refractivity contribution in [2.75, 3.05) is 18.6 Å². The minimum Gasteiger partial charge on any atom is -0.490 e. The molecule has 3 aromatic carbocycles. The zero-order valence-corrected chi connectivity index (χ0v) is 21.9. The Morgan fingerprint density at radius 2 is 1.62 bits per heavy atom. The zero-order chi connectivity index (χ0) is 30.6. The predicted molar refractivity (Wildman–Crippen MR) is 144 cm³/mol. The highest BCUT2D eigenvalue weighted by Gasteiger charge is 2.37. The fraction of sp³-hybridized carbons (Fsp3) is 0.111. The van der Waals surface area contributed by atoms with Crippen molar-refractivity contribution in [2.24, 2.45) is 0 Å². The van der Waals surface area contributed by atoms with Crippen LogP contribution in [0.3, 0.4) is 0 Å². The molecule has 1 saturated heterocycles. The number of methoxy groups -OCH3 is 1. The van der Waals surface area contributed by atoms with Gasteiger partial charge in [0.1, 0.15) is 5.57 Å². The number of nitro groups is 2. The van der Waals surface area contributed by atoms with Gasteiger partial charge in [0.2, 0.25) is 5.75 Å². The summed E-state index contributed by atoms with van der Waals surface area (Å²) in [6.07, 6.45) is 1.21. The third-order valence-electron chi connectivity index (χ3n) is 5.80. The number of nitro benzene ring substituents is 2. The van der Waals surface area contributed by atoms with Crippen LogP contribution in [0.15, 0.2) is 66.2 Å². The lowest BCUT2D eigenvalue weighted by Gasteiger charge is -2.26. The number of nitrogens with one attached hydrogen (secondary N) is 1. The zero-order valence-electron chi connectivity index (χ0n) is 21.9. The number of urea groups is 1. The van der Waals surface area contributed by atoms with Crippen LogP contribution in [0, 0.1) is 20.2 Å². The number of hydrogen-bond acceptors (Lipinski definition) is 11. The lowest BCUT2D eigenvalue weighted by atomic mass is 10.1. The summed E-state index contributed by atoms with van der Waals surface area (Å²) in [7, 11) is 1.20. The molecule has 4 amide bonds. The maximum atomic E-state index is 13.2. The molecule has 0 aromatic heterocycles. The van der Waals surface area contributed by atoms with E-state index < -0.39 is 50.6 Å². The second-order valence-corrected chi connectivity index (χ2v) is 8.40. The molecule has 15 nitrogen and oxygen atoms in total. The number of hydrogen-bond donors (Lipinski definition) is 1. The second-order valence-electron chi connectivity index (χ2n) is 8.40. The molecule has 42 heavy (non-hydrogen) atoms. The lowest BCUT2D eigenvalue weighted by molar-refractivity contribution is -0.394. The standard InChI is InChI=1S/C27H20N4O11/c1-3-41-23-13-15(4-10-22(23)42-21-11-9-18(30(36)37)14-20(21)31(38)39)12-19-24(32)28-27(35)29(25(19)33)17-7-5-16(6-8-17)26(34)40-2/h4-14H,3H2,1-2H3,(H,28,32,35)/b19-12+. The van der Waals surface area contributed by atoms with E-state index in [1.807, 2.05) is 0 Å². The number of rotatable bonds is 9. The Morgan fingerprint density at radius 3 is 2.24 bits per heavy atom. The third kappa shape index (κ3) is 5.89. The number of anilines is 1. The van der Waals surface area contributed by atoms with Crippen molar-refractivity contribution in [2.45, 2.75) is 6.92 Å². The highest BCUT2D eigenvalue weighted by Crippen LogP contribution is 2.39. The summed E-state index contributed by atoms with van der Waals surface area (Å²) in [5, 5.41) is 24.6. The summed E-state index contributed by atoms with van der Waals surface area (Å²) < 4.78 is 15.9. The second kappa shape index (κ2) is 12.0. The molecule has 0 unspecified atom stereocenters. The van der Waals surface area contributed by atoms with E-state index in [4.69, 9.17) is 9.47 Å². The summed E-state index contributed by atoms with van der Waals surface area (Å²) in [6.45, 7) is 1.80. The van der Waals surface area contributed by atoms with Gasteiger partial charge in [0.15, 0.2) is 11.5 Å². The smallest absolute Gasteiger partial charge is 0.337 e. The maximum absolute atomic E-state index is 13.2. The Hall–Kier alpha value is -6.12. The van der Waals surface area contributed by atoms with Crippen LogP contribution in [0.2, 0.25) is 0 Å². The van der Waals surface area contributed by atoms with E-state index >= 15 is 0 Å². The molecule has 15 heteroatoms. The fourth-order valence-corrected chi connectivity index (χ4v) is 3.86. The van der Waals surface area contributed by atoms with Crippen LogP contribution < -0.4 is 19.7 Å². The number of amides is 4. The van der Waals surface area contributed by atoms with Gasteiger partial charge in [-0.25, -0.2) is 14.5 Å². The lowest BCUT2D eigenvalue weighted by Crippen LogP contribution is -2.54. The Balaban J connectivity index is 1.67. The predicted octanol–water partition coefficient (Wildman–Crippen LogP) is 4.15. The van der Waals surface area contributed by atoms with Crippen molar-refractivity contribution >= 4 is 47.0 Å². The minimum atomic E-state index is -0.989. The fourth-order valence-electron chi connectivity index (χ4n) is 3.86. The number of benzene rings is 3. The highest BCUT2D eigenvalue weighted by molar-refractivity contribution is 6.39. The maximum Gasteiger partial charge on any atom is 0.337 e. The Morgan fingerprint density at radius 1 is 0.929 bits per heavy atom. The van der Waals surface area contributed by atoms with Crippen LogP contribution in [0.5, 0.6) is 17.2 Å². The van der Waals surface area contributed by atoms with Crippen LogP contribution in [-0.4, -0.2) is 47.4 Å². The number of barbiturate groups is 1. The van der Waals surface area contributed by atoms with Gasteiger partial charge in [-0.05, 0) is 61.0 Å². The summed E-state index contributed by atoms with van der Waals surface area (Å²) in [5.41, 5.74) is -0.989. The molecule has 3 aromatic rings. The van der Waals surface area contributed by atoms with E-state index in [0.29, 0.717) is 0 Å². The molecule has 4 rings (SSSR count). The number of ether oxygens (including phenoxy) is 3. The van der Waals surface area contributed by atoms with Gasteiger partial charge < -0.3 is 14.2 Å². The molecule has 0 radical (unpaired) electrons. The van der Waals surface area contributed by atoms with Gasteiger partial charge in [0.05, 0.1) is 40.9 Å². The molecule has 214 valence electrons. The minimum absolute atomic E-state index is 0.0119. The van der Waals surface area contributed by atoms with Gasteiger partial charge in [-0.2, -0.15) is 0 Å². The first-order valence-electron chi connectivity index (χ1n) is 12.0. The monoisotopic (exact) mass is 576 g/mol. The molecule has 1 aliphatic rings. The van der Waals surface area contributed by atoms with Crippen LogP contribution >= 0.6 is 0 Å². The van der Waals surface area contributed by atoms with Gasteiger partial charge in [0, 0.05) is 6.07 Å². The number of imide groups is 2. The Labute approximate surface area is 236 Å². The first kappa shape index (κ1) is 28.9. The van der Waals surface area contributed by atoms with E-state index in [0.717, 1.165) is 23.1 Å². The summed E-state index contributed by atoms with van der Waals surface area (Å²) in [6, 6.07) is 11.5. The van der Waals surface area contributed by atoms with Crippen LogP contribution in [0.25, 0.3) is 6.08 Å². The molecule has 0 spiro atoms. The molecular formula is C27H20N4O11. The molecule has 1 fully saturated rings. The van der Waals surface area contributed by atoms with E-state index in [1.54, 1.807) is 6.92 Å². The largest absolute Gasteiger partial charge is 0.490 e. The van der Waals surface area contributed by atoms with Gasteiger partial charge in [-0.1, -0.05) is 6.07 Å². The third-order valence-corrected chi connectivity index (χ3v) is 5.80. The first-order chi connectivity index (χ1) is 20.0. The van der Waals surface area contributed by atoms with Crippen molar-refractivity contribution in [1.29, 1.82) is 0 Å². The van der Waals surface area contributed by atoms with E-state index in [9.17, 15) is 39.4 Å². The van der Waals surface area contributed by atoms with Crippen LogP contribution in [0.4, 0.5) is 21.9 Å². The molecule has 1 N–H and O–H groups in total. The molecule has 0 atom stereocenters. The molecule has 1 heterocycles. The molecule has 0 saturated carbocycles. The Bertz CT molecular complexity index is 1660. The van der Waals surface area contributed by atoms with Gasteiger partial charge in [0.25, 0.3) is 17.5 Å². The summed E-state index contributed by atoms with van der Waals surface area (Å²) in [5.74, 6) is -2.70. The summed E-state index contributed by atoms with van der Waals surface area (Å²) in [4.78, 5) is 71.7. The molecule has 0 aliphatic carbocycles. The van der Waals surface area contributed by atoms with Crippen molar-refractivity contribution in [3.8, 4) is 17.2 Å². The normalized spacial score (nSPS) is 13.9. The van der Waals surface area contributed by atoms with Gasteiger partial charge in [-0.15, -0.1) is 0 Å². The van der Waals surface area contributed by atoms with E-state index in [1.165, 1.54) is 55.7 Å². The van der Waals surface area contributed by atoms with Crippen molar-refractivity contribution in [3.63, 3.8) is 0 Å². The van der Waals surface area contributed by atoms with Gasteiger partial charge in [-0.3, -0.25) is 35.1 Å². The molecular weight excluding hydrogens is 556 g/mol. The molecule has 1 aliphatic heterocycles. The first-order valence-corrected chi connectivity index (χ1v) is 12.0. The SMILES string of the molecule is CCOc1cc(/C=C2\C(=O)NC(=O)N(c3ccc(C(=O)OC)cc3)C2=O)ccc1Oc1ccc([N+](=O)[O-])cc1[N+](=O)[O-]. The van der Waals surface area contributed by atoms with Crippen molar-refractivity contribution < 1.29 is 43.2 Å². The van der Waals surface area contributed by atoms with Crippen LogP contribution in [0.1, 0.15) is 22.8 Å². The summed E-state index contributed by atoms with van der Waals surface area (Å²) >= 11 is 0. The average Bonchev–Trinajstić information content (AvgIpc) is 2.96. The molecule has 0 bridgehead atoms. The Kier molecular flexibility index (Phi) is 8.22. The topological polar surface area (TPSA) is 198 Å². The van der Waals surface area contributed by atoms with E-state index in [2.05, 4.69) is 10.1 Å². The van der Waals surface area contributed by atoms with Crippen LogP contribution in [-0.2, 0) is 14.3 Å².